The van der Waals surface area contributed by atoms with Crippen LogP contribution in [0.15, 0.2) is 0 Å². The molecule has 5 heteroatoms. The Labute approximate surface area is 115 Å². The van der Waals surface area contributed by atoms with E-state index in [1.807, 2.05) is 0 Å². The molecule has 0 radical (unpaired) electrons. The van der Waals surface area contributed by atoms with Crippen molar-refractivity contribution in [2.75, 3.05) is 19.6 Å². The summed E-state index contributed by atoms with van der Waals surface area (Å²) >= 11 is 0. The fourth-order valence-corrected chi connectivity index (χ4v) is 3.08. The van der Waals surface area contributed by atoms with Gasteiger partial charge in [0, 0.05) is 12.5 Å². The number of hydrogen-bond acceptors (Lipinski definition) is 4. The predicted octanol–water partition coefficient (Wildman–Crippen LogP) is 0.502. The van der Waals surface area contributed by atoms with Gasteiger partial charge < -0.3 is 10.2 Å². The lowest BCUT2D eigenvalue weighted by Gasteiger charge is -2.36. The number of amides is 2. The van der Waals surface area contributed by atoms with Crippen molar-refractivity contribution < 1.29 is 9.59 Å². The van der Waals surface area contributed by atoms with Gasteiger partial charge >= 0.3 is 0 Å². The molecule has 0 spiro atoms. The zero-order valence-electron chi connectivity index (χ0n) is 11.9. The lowest BCUT2D eigenvalue weighted by atomic mass is 9.89. The average molecular weight is 267 g/mol. The molecule has 2 atom stereocenters. The zero-order valence-corrected chi connectivity index (χ0v) is 11.9. The molecule has 2 saturated heterocycles. The molecule has 2 amide bonds. The molecule has 2 heterocycles. The molecule has 19 heavy (non-hydrogen) atoms. The summed E-state index contributed by atoms with van der Waals surface area (Å²) in [4.78, 5) is 25.3. The Morgan fingerprint density at radius 2 is 2.00 bits per heavy atom. The number of carbonyl (C=O) groups is 2. The number of nitrogens with one attached hydrogen (secondary N) is 2. The van der Waals surface area contributed by atoms with E-state index in [-0.39, 0.29) is 17.9 Å². The van der Waals surface area contributed by atoms with E-state index in [1.165, 1.54) is 12.8 Å². The summed E-state index contributed by atoms with van der Waals surface area (Å²) < 4.78 is 0. The first-order valence-corrected chi connectivity index (χ1v) is 7.42. The van der Waals surface area contributed by atoms with E-state index in [0.717, 1.165) is 19.6 Å². The molecule has 2 rings (SSSR count). The second-order valence-corrected chi connectivity index (χ2v) is 5.73. The molecular weight excluding hydrogens is 242 g/mol. The van der Waals surface area contributed by atoms with Gasteiger partial charge in [-0.2, -0.15) is 0 Å². The molecule has 108 valence electrons. The Balaban J connectivity index is 1.79. The molecule has 0 saturated carbocycles. The Hall–Kier alpha value is -0.940. The van der Waals surface area contributed by atoms with Crippen LogP contribution >= 0.6 is 0 Å². The van der Waals surface area contributed by atoms with E-state index in [1.54, 1.807) is 0 Å². The molecule has 2 aliphatic heterocycles. The summed E-state index contributed by atoms with van der Waals surface area (Å²) in [5.74, 6) is 0.328. The number of nitrogens with zero attached hydrogens (tertiary/aromatic N) is 1. The third-order valence-corrected chi connectivity index (χ3v) is 4.49. The quantitative estimate of drug-likeness (QED) is 0.728. The SMILES string of the molecule is CCN1CCC(C(C)NC2CCC(=O)NC2=O)CC1. The van der Waals surface area contributed by atoms with Crippen LogP contribution in [0.3, 0.4) is 0 Å². The van der Waals surface area contributed by atoms with Crippen molar-refractivity contribution in [1.82, 2.24) is 15.5 Å². The zero-order chi connectivity index (χ0) is 13.8. The first kappa shape index (κ1) is 14.5. The standard InChI is InChI=1S/C14H25N3O2/c1-3-17-8-6-11(7-9-17)10(2)15-12-4-5-13(18)16-14(12)19/h10-12,15H,3-9H2,1-2H3,(H,16,18,19). The highest BCUT2D eigenvalue weighted by Gasteiger charge is 2.30. The van der Waals surface area contributed by atoms with E-state index in [0.29, 0.717) is 24.8 Å². The molecular formula is C14H25N3O2. The second kappa shape index (κ2) is 6.48. The molecule has 0 aromatic carbocycles. The summed E-state index contributed by atoms with van der Waals surface area (Å²) in [5, 5.41) is 5.81. The van der Waals surface area contributed by atoms with Crippen molar-refractivity contribution in [1.29, 1.82) is 0 Å². The van der Waals surface area contributed by atoms with Crippen LogP contribution in [0.25, 0.3) is 0 Å². The second-order valence-electron chi connectivity index (χ2n) is 5.73. The molecule has 0 aliphatic carbocycles. The van der Waals surface area contributed by atoms with Crippen LogP contribution in [-0.4, -0.2) is 48.4 Å². The minimum absolute atomic E-state index is 0.146. The van der Waals surface area contributed by atoms with Gasteiger partial charge in [-0.25, -0.2) is 0 Å². The van der Waals surface area contributed by atoms with Crippen molar-refractivity contribution >= 4 is 11.8 Å². The van der Waals surface area contributed by atoms with Crippen molar-refractivity contribution in [3.8, 4) is 0 Å². The largest absolute Gasteiger partial charge is 0.304 e. The highest BCUT2D eigenvalue weighted by molar-refractivity contribution is 6.00. The van der Waals surface area contributed by atoms with Gasteiger partial charge in [0.15, 0.2) is 0 Å². The number of piperidine rings is 2. The van der Waals surface area contributed by atoms with Crippen LogP contribution in [0.1, 0.15) is 39.5 Å². The third-order valence-electron chi connectivity index (χ3n) is 4.49. The minimum Gasteiger partial charge on any atom is -0.304 e. The molecule has 0 bridgehead atoms. The van der Waals surface area contributed by atoms with E-state index in [2.05, 4.69) is 29.4 Å². The van der Waals surface area contributed by atoms with Gasteiger partial charge in [0.05, 0.1) is 6.04 Å². The number of carbonyl (C=O) groups excluding carboxylic acids is 2. The maximum absolute atomic E-state index is 11.7. The maximum Gasteiger partial charge on any atom is 0.243 e. The summed E-state index contributed by atoms with van der Waals surface area (Å²) in [6, 6.07) is 0.139. The molecule has 2 N–H and O–H groups in total. The van der Waals surface area contributed by atoms with Crippen LogP contribution < -0.4 is 10.6 Å². The monoisotopic (exact) mass is 267 g/mol. The first-order chi connectivity index (χ1) is 9.10. The van der Waals surface area contributed by atoms with Gasteiger partial charge in [-0.05, 0) is 51.7 Å². The summed E-state index contributed by atoms with van der Waals surface area (Å²) in [7, 11) is 0. The van der Waals surface area contributed by atoms with E-state index >= 15 is 0 Å². The third kappa shape index (κ3) is 3.76. The Morgan fingerprint density at radius 1 is 1.32 bits per heavy atom. The van der Waals surface area contributed by atoms with E-state index in [9.17, 15) is 9.59 Å². The van der Waals surface area contributed by atoms with Gasteiger partial charge in [-0.1, -0.05) is 6.92 Å². The fourth-order valence-electron chi connectivity index (χ4n) is 3.08. The highest BCUT2D eigenvalue weighted by Crippen LogP contribution is 2.21. The molecule has 0 aromatic heterocycles. The van der Waals surface area contributed by atoms with Crippen molar-refractivity contribution in [2.45, 2.75) is 51.6 Å². The van der Waals surface area contributed by atoms with Crippen molar-refractivity contribution in [2.24, 2.45) is 5.92 Å². The maximum atomic E-state index is 11.7. The van der Waals surface area contributed by atoms with Crippen LogP contribution in [-0.2, 0) is 9.59 Å². The summed E-state index contributed by atoms with van der Waals surface area (Å²) in [6.45, 7) is 7.80. The molecule has 0 aromatic rings. The minimum atomic E-state index is -0.197. The van der Waals surface area contributed by atoms with Crippen molar-refractivity contribution in [3.63, 3.8) is 0 Å². The Morgan fingerprint density at radius 3 is 2.58 bits per heavy atom. The number of likely N-dealkylation sites (tertiary alicyclic amines) is 1. The van der Waals surface area contributed by atoms with Gasteiger partial charge in [0.2, 0.25) is 11.8 Å². The lowest BCUT2D eigenvalue weighted by molar-refractivity contribution is -0.135. The van der Waals surface area contributed by atoms with Crippen LogP contribution in [0.5, 0.6) is 0 Å². The summed E-state index contributed by atoms with van der Waals surface area (Å²) in [5.41, 5.74) is 0. The van der Waals surface area contributed by atoms with Crippen LogP contribution in [0, 0.1) is 5.92 Å². The van der Waals surface area contributed by atoms with Gasteiger partial charge in [-0.3, -0.25) is 14.9 Å². The van der Waals surface area contributed by atoms with E-state index < -0.39 is 0 Å². The highest BCUT2D eigenvalue weighted by atomic mass is 16.2. The number of imide groups is 1. The average Bonchev–Trinajstić information content (AvgIpc) is 2.42. The molecule has 2 aliphatic rings. The smallest absolute Gasteiger partial charge is 0.243 e. The molecule has 2 fully saturated rings. The van der Waals surface area contributed by atoms with Crippen LogP contribution in [0.4, 0.5) is 0 Å². The fraction of sp³-hybridized carbons (Fsp3) is 0.857. The van der Waals surface area contributed by atoms with E-state index in [4.69, 9.17) is 0 Å². The Kier molecular flexibility index (Phi) is 4.93. The molecule has 2 unspecified atom stereocenters. The topological polar surface area (TPSA) is 61.4 Å². The summed E-state index contributed by atoms with van der Waals surface area (Å²) in [6.07, 6.45) is 3.46. The Bertz CT molecular complexity index is 338. The predicted molar refractivity (Wildman–Crippen MR) is 73.6 cm³/mol. The normalized spacial score (nSPS) is 28.2. The van der Waals surface area contributed by atoms with Gasteiger partial charge in [-0.15, -0.1) is 0 Å². The van der Waals surface area contributed by atoms with Crippen LogP contribution in [0.2, 0.25) is 0 Å². The first-order valence-electron chi connectivity index (χ1n) is 7.42. The van der Waals surface area contributed by atoms with Gasteiger partial charge in [0.25, 0.3) is 0 Å². The van der Waals surface area contributed by atoms with Gasteiger partial charge in [0.1, 0.15) is 0 Å². The number of rotatable bonds is 4. The molecule has 5 nitrogen and oxygen atoms in total. The lowest BCUT2D eigenvalue weighted by Crippen LogP contribution is -2.54. The van der Waals surface area contributed by atoms with Crippen molar-refractivity contribution in [3.05, 3.63) is 0 Å². The number of hydrogen-bond donors (Lipinski definition) is 2.